The molecule has 0 fully saturated rings. The predicted molar refractivity (Wildman–Crippen MR) is 234 cm³/mol. The molecule has 0 saturated carbocycles. The number of carboxylic acid groups (broad SMARTS) is 1. The minimum atomic E-state index is -0.833. The molecule has 4 N–H and O–H groups in total. The number of carboxylic acids is 1. The summed E-state index contributed by atoms with van der Waals surface area (Å²) in [6.45, 7) is 5.56. The molecular weight excluding hydrogens is 1210 g/mol. The minimum absolute atomic E-state index is 0. The maximum absolute atomic E-state index is 9.98. The van der Waals surface area contributed by atoms with Crippen LogP contribution in [0.25, 0.3) is 10.5 Å². The van der Waals surface area contributed by atoms with Crippen molar-refractivity contribution in [2.75, 3.05) is 25.1 Å². The van der Waals surface area contributed by atoms with Crippen molar-refractivity contribution in [2.45, 2.75) is 32.6 Å². The van der Waals surface area contributed by atoms with Crippen molar-refractivity contribution in [2.24, 2.45) is 0 Å². The van der Waals surface area contributed by atoms with Crippen LogP contribution in [0.2, 0.25) is 0 Å². The average molecular weight is 1250 g/mol. The number of rotatable bonds is 7. The second-order valence-corrected chi connectivity index (χ2v) is 27.2. The zero-order valence-corrected chi connectivity index (χ0v) is 39.1. The number of pyridine rings is 2. The monoisotopic (exact) mass is 1250 g/mol. The van der Waals surface area contributed by atoms with Gasteiger partial charge in [0, 0.05) is 41.7 Å². The predicted octanol–water partition coefficient (Wildman–Crippen LogP) is 7.23. The van der Waals surface area contributed by atoms with E-state index >= 15 is 0 Å². The molecular formula is C34H40Br2I4N6O3. The number of hydrogen-bond donors (Lipinski definition) is 3. The largest absolute Gasteiger partial charge is 0.384 e. The van der Waals surface area contributed by atoms with Crippen molar-refractivity contribution in [3.63, 3.8) is 0 Å². The Hall–Kier alpha value is -1.61. The van der Waals surface area contributed by atoms with Gasteiger partial charge >= 0.3 is 50.5 Å². The fourth-order valence-electron chi connectivity index (χ4n) is 3.67. The van der Waals surface area contributed by atoms with Crippen LogP contribution in [0.4, 0.5) is 11.6 Å². The Morgan fingerprint density at radius 2 is 1.47 bits per heavy atom. The Labute approximate surface area is 352 Å². The zero-order valence-electron chi connectivity index (χ0n) is 27.1. The molecule has 3 aromatic heterocycles. The van der Waals surface area contributed by atoms with Gasteiger partial charge in [-0.05, 0) is 86.5 Å². The summed E-state index contributed by atoms with van der Waals surface area (Å²) in [5.74, 6) is 0.783. The molecule has 0 radical (unpaired) electrons. The van der Waals surface area contributed by atoms with E-state index in [1.807, 2.05) is 67.8 Å². The molecule has 0 unspecified atom stereocenters. The Morgan fingerprint density at radius 1 is 0.980 bits per heavy atom. The van der Waals surface area contributed by atoms with Gasteiger partial charge in [-0.25, -0.2) is 9.97 Å². The number of hydrogen-bond acceptors (Lipinski definition) is 6. The van der Waals surface area contributed by atoms with Gasteiger partial charge in [-0.1, -0.05) is 65.5 Å². The average Bonchev–Trinajstić information content (AvgIpc) is 3.43. The summed E-state index contributed by atoms with van der Waals surface area (Å²) >= 11 is 12.0. The Kier molecular flexibility index (Phi) is 32.6. The third-order valence-electron chi connectivity index (χ3n) is 5.53. The SMILES string of the molecule is C#[N+]C.CC(=O)O.CNc1c(CCc2ccccc2)nc2ccc(Br)cn12.I.I[I-]I.Nc1ccc(Br)cn1.O=CCCc1ccccc1. The summed E-state index contributed by atoms with van der Waals surface area (Å²) in [7, 11) is 3.47. The quantitative estimate of drug-likeness (QED) is 0.116. The minimum Gasteiger partial charge on any atom is -0.384 e. The summed E-state index contributed by atoms with van der Waals surface area (Å²) in [5, 5.41) is 10.7. The number of anilines is 2. The Balaban J connectivity index is 0. The molecule has 15 heteroatoms. The molecule has 3 heterocycles. The van der Waals surface area contributed by atoms with Gasteiger partial charge in [0.15, 0.2) is 0 Å². The summed E-state index contributed by atoms with van der Waals surface area (Å²) in [6, 6.07) is 28.2. The molecule has 0 spiro atoms. The number of halogens is 6. The van der Waals surface area contributed by atoms with Gasteiger partial charge in [-0.2, -0.15) is 0 Å². The van der Waals surface area contributed by atoms with Crippen LogP contribution in [0.3, 0.4) is 0 Å². The number of nitrogens with one attached hydrogen (secondary N) is 1. The molecule has 0 aliphatic heterocycles. The summed E-state index contributed by atoms with van der Waals surface area (Å²) in [5.41, 5.74) is 9.95. The second-order valence-electron chi connectivity index (χ2n) is 9.14. The van der Waals surface area contributed by atoms with Gasteiger partial charge in [0.2, 0.25) is 0 Å². The molecule has 0 bridgehead atoms. The molecule has 5 aromatic rings. The standard InChI is InChI=1S/C16H16BrN3.C9H10O.C5H5BrN2.C2H4N.C2H4O2.I3.HI/c1-18-16-14(9-7-12-5-3-2-4-6-12)19-15-10-8-13(17)11-20(15)16;10-8-4-7-9-5-2-1-3-6-9;6-4-1-2-5(7)8-3-4;1-3-2;1-2(3)4;1-3-2;/h2-6,8,10-11,18H,7,9H2,1H3;1-3,5-6,8H,4,7H2;1-3H,(H2,7,8);1H,2H3;1H3,(H,3,4);;1H/q;;;+1;;-1;. The van der Waals surface area contributed by atoms with Crippen molar-refractivity contribution in [1.82, 2.24) is 14.4 Å². The van der Waals surface area contributed by atoms with E-state index in [0.717, 1.165) is 58.6 Å². The van der Waals surface area contributed by atoms with Crippen LogP contribution in [-0.4, -0.2) is 45.8 Å². The Morgan fingerprint density at radius 3 is 1.90 bits per heavy atom. The normalized spacial score (nSPS) is 8.94. The van der Waals surface area contributed by atoms with Crippen LogP contribution in [-0.2, 0) is 28.9 Å². The smallest absolute Gasteiger partial charge is 0.123 e. The molecule has 49 heavy (non-hydrogen) atoms. The summed E-state index contributed by atoms with van der Waals surface area (Å²) < 4.78 is 4.09. The first-order valence-corrected chi connectivity index (χ1v) is 28.3. The van der Waals surface area contributed by atoms with Gasteiger partial charge < -0.3 is 21.0 Å². The number of nitrogens with zero attached hydrogens (tertiary/aromatic N) is 4. The first-order chi connectivity index (χ1) is 23.1. The van der Waals surface area contributed by atoms with E-state index in [0.29, 0.717) is 25.5 Å². The van der Waals surface area contributed by atoms with E-state index in [9.17, 15) is 4.79 Å². The van der Waals surface area contributed by atoms with E-state index in [4.69, 9.17) is 20.6 Å². The van der Waals surface area contributed by atoms with Gasteiger partial charge in [0.05, 0.1) is 5.69 Å². The van der Waals surface area contributed by atoms with Crippen molar-refractivity contribution >= 4 is 123 Å². The number of imidazole rings is 1. The number of aryl methyl sites for hydroxylation is 3. The Bertz CT molecular complexity index is 1600. The molecule has 5 rings (SSSR count). The first kappa shape index (κ1) is 49.5. The van der Waals surface area contributed by atoms with Crippen LogP contribution < -0.4 is 24.3 Å². The van der Waals surface area contributed by atoms with Crippen molar-refractivity contribution in [1.29, 1.82) is 0 Å². The number of aliphatic carboxylic acids is 1. The summed E-state index contributed by atoms with van der Waals surface area (Å²) in [6.07, 6.45) is 8.08. The molecule has 0 aliphatic carbocycles. The fraction of sp³-hybridized carbons (Fsp3) is 0.206. The maximum Gasteiger partial charge on any atom is 0.123 e. The van der Waals surface area contributed by atoms with E-state index in [2.05, 4.69) is 119 Å². The van der Waals surface area contributed by atoms with Gasteiger partial charge in [-0.15, -0.1) is 24.0 Å². The van der Waals surface area contributed by atoms with Gasteiger partial charge in [0.25, 0.3) is 19.6 Å². The number of nitrogen functional groups attached to an aromatic ring is 1. The molecule has 0 amide bonds. The van der Waals surface area contributed by atoms with Gasteiger partial charge in [0.1, 0.15) is 23.6 Å². The molecule has 9 nitrogen and oxygen atoms in total. The topological polar surface area (TPSA) is 127 Å². The number of carbonyl (C=O) groups is 2. The molecule has 266 valence electrons. The van der Waals surface area contributed by atoms with Crippen molar-refractivity contribution in [3.05, 3.63) is 128 Å². The van der Waals surface area contributed by atoms with Crippen LogP contribution >= 0.6 is 93.1 Å². The zero-order chi connectivity index (χ0) is 36.2. The summed E-state index contributed by atoms with van der Waals surface area (Å²) in [4.78, 5) is 30.5. The molecule has 0 saturated heterocycles. The first-order valence-electron chi connectivity index (χ1n) is 14.1. The van der Waals surface area contributed by atoms with Crippen LogP contribution in [0.5, 0.6) is 0 Å². The number of fused-ring (bicyclic) bond motifs is 1. The molecule has 0 aliphatic rings. The third kappa shape index (κ3) is 25.1. The van der Waals surface area contributed by atoms with E-state index < -0.39 is 5.97 Å². The number of aromatic nitrogens is 3. The van der Waals surface area contributed by atoms with Crippen LogP contribution in [0.1, 0.15) is 30.2 Å². The molecule has 0 atom stereocenters. The number of aldehydes is 1. The fourth-order valence-corrected chi connectivity index (χ4v) is 4.24. The van der Waals surface area contributed by atoms with E-state index in [1.54, 1.807) is 12.3 Å². The molecule has 2 aromatic carbocycles. The van der Waals surface area contributed by atoms with E-state index in [-0.39, 0.29) is 24.0 Å². The second kappa shape index (κ2) is 32.3. The van der Waals surface area contributed by atoms with Crippen molar-refractivity contribution < 1.29 is 28.0 Å². The number of benzene rings is 2. The van der Waals surface area contributed by atoms with E-state index in [1.165, 1.54) is 18.2 Å². The number of nitrogens with two attached hydrogens (primary N) is 1. The number of carbonyl (C=O) groups excluding carboxylic acids is 1. The maximum atomic E-state index is 9.98. The van der Waals surface area contributed by atoms with Crippen LogP contribution in [0, 0.1) is 6.57 Å². The third-order valence-corrected chi connectivity index (χ3v) is 6.47. The van der Waals surface area contributed by atoms with Gasteiger partial charge in [-0.3, -0.25) is 9.20 Å². The van der Waals surface area contributed by atoms with Crippen molar-refractivity contribution in [3.8, 4) is 6.57 Å². The van der Waals surface area contributed by atoms with Crippen LogP contribution in [0.15, 0.2) is 106 Å².